The number of rotatable bonds is 7. The van der Waals surface area contributed by atoms with Crippen molar-refractivity contribution in [2.45, 2.75) is 39.5 Å². The fraction of sp³-hybridized carbons (Fsp3) is 0.667. The van der Waals surface area contributed by atoms with E-state index in [9.17, 15) is 4.79 Å². The molecule has 0 aliphatic heterocycles. The van der Waals surface area contributed by atoms with Crippen LogP contribution in [0.1, 0.15) is 44.0 Å². The predicted octanol–water partition coefficient (Wildman–Crippen LogP) is 1.65. The Balaban J connectivity index is 2.41. The first-order valence-electron chi connectivity index (χ1n) is 7.51. The van der Waals surface area contributed by atoms with Gasteiger partial charge in [0.1, 0.15) is 17.5 Å². The highest BCUT2D eigenvalue weighted by molar-refractivity contribution is 5.79. The Morgan fingerprint density at radius 1 is 1.43 bits per heavy atom. The van der Waals surface area contributed by atoms with Gasteiger partial charge in [0.15, 0.2) is 0 Å². The molecule has 0 radical (unpaired) electrons. The quantitative estimate of drug-likeness (QED) is 0.798. The van der Waals surface area contributed by atoms with Gasteiger partial charge in [-0.1, -0.05) is 13.8 Å². The van der Waals surface area contributed by atoms with Crippen LogP contribution in [-0.4, -0.2) is 36.0 Å². The molecule has 0 aromatic carbocycles. The first kappa shape index (κ1) is 15.5. The molecule has 0 atom stereocenters. The zero-order chi connectivity index (χ0) is 15.6. The fourth-order valence-corrected chi connectivity index (χ4v) is 2.45. The largest absolute Gasteiger partial charge is 0.373 e. The molecule has 1 heterocycles. The molecule has 1 aliphatic rings. The zero-order valence-electron chi connectivity index (χ0n) is 13.3. The SMILES string of the molecule is CNc1nc(C2CC2)nc(N(CC(N)=O)CC(C)C)c1C. The van der Waals surface area contributed by atoms with Crippen molar-refractivity contribution >= 4 is 17.5 Å². The van der Waals surface area contributed by atoms with Crippen LogP contribution in [0.3, 0.4) is 0 Å². The number of primary amides is 1. The number of hydrogen-bond acceptors (Lipinski definition) is 5. The van der Waals surface area contributed by atoms with Gasteiger partial charge in [-0.15, -0.1) is 0 Å². The molecule has 0 saturated heterocycles. The van der Waals surface area contributed by atoms with E-state index in [1.807, 2.05) is 18.9 Å². The number of aromatic nitrogens is 2. The highest BCUT2D eigenvalue weighted by Crippen LogP contribution is 2.40. The molecule has 6 heteroatoms. The molecular formula is C15H25N5O. The second kappa shape index (κ2) is 6.28. The molecular weight excluding hydrogens is 266 g/mol. The summed E-state index contributed by atoms with van der Waals surface area (Å²) in [5.74, 6) is 3.07. The summed E-state index contributed by atoms with van der Waals surface area (Å²) in [6.45, 7) is 7.14. The maximum Gasteiger partial charge on any atom is 0.236 e. The Bertz CT molecular complexity index is 525. The minimum Gasteiger partial charge on any atom is -0.373 e. The fourth-order valence-electron chi connectivity index (χ4n) is 2.45. The molecule has 1 fully saturated rings. The molecule has 1 amide bonds. The van der Waals surface area contributed by atoms with E-state index in [-0.39, 0.29) is 12.5 Å². The number of anilines is 2. The van der Waals surface area contributed by atoms with Crippen LogP contribution in [0.25, 0.3) is 0 Å². The molecule has 1 saturated carbocycles. The van der Waals surface area contributed by atoms with Crippen LogP contribution in [0.5, 0.6) is 0 Å². The van der Waals surface area contributed by atoms with Crippen molar-refractivity contribution < 1.29 is 4.79 Å². The van der Waals surface area contributed by atoms with Gasteiger partial charge in [0.25, 0.3) is 0 Å². The average molecular weight is 291 g/mol. The summed E-state index contributed by atoms with van der Waals surface area (Å²) in [4.78, 5) is 22.7. The Morgan fingerprint density at radius 3 is 2.57 bits per heavy atom. The lowest BCUT2D eigenvalue weighted by Gasteiger charge is -2.27. The van der Waals surface area contributed by atoms with E-state index >= 15 is 0 Å². The molecule has 1 aromatic heterocycles. The van der Waals surface area contributed by atoms with Crippen LogP contribution in [0, 0.1) is 12.8 Å². The van der Waals surface area contributed by atoms with Crippen molar-refractivity contribution in [2.75, 3.05) is 30.4 Å². The van der Waals surface area contributed by atoms with Crippen LogP contribution >= 0.6 is 0 Å². The van der Waals surface area contributed by atoms with Gasteiger partial charge in [-0.25, -0.2) is 9.97 Å². The number of nitrogens with two attached hydrogens (primary N) is 1. The summed E-state index contributed by atoms with van der Waals surface area (Å²) in [5.41, 5.74) is 6.36. The van der Waals surface area contributed by atoms with E-state index in [1.54, 1.807) is 0 Å². The van der Waals surface area contributed by atoms with Crippen LogP contribution in [0.2, 0.25) is 0 Å². The van der Waals surface area contributed by atoms with Gasteiger partial charge in [0.05, 0.1) is 6.54 Å². The molecule has 0 bridgehead atoms. The molecule has 1 aliphatic carbocycles. The van der Waals surface area contributed by atoms with E-state index in [2.05, 4.69) is 24.1 Å². The number of hydrogen-bond donors (Lipinski definition) is 2. The van der Waals surface area contributed by atoms with Gasteiger partial charge >= 0.3 is 0 Å². The number of amides is 1. The van der Waals surface area contributed by atoms with Gasteiger partial charge in [-0.05, 0) is 25.7 Å². The highest BCUT2D eigenvalue weighted by atomic mass is 16.1. The third-order valence-electron chi connectivity index (χ3n) is 3.55. The molecule has 3 N–H and O–H groups in total. The van der Waals surface area contributed by atoms with Gasteiger partial charge in [-0.3, -0.25) is 4.79 Å². The smallest absolute Gasteiger partial charge is 0.236 e. The van der Waals surface area contributed by atoms with Crippen LogP contribution < -0.4 is 16.0 Å². The summed E-state index contributed by atoms with van der Waals surface area (Å²) >= 11 is 0. The second-order valence-corrected chi connectivity index (χ2v) is 6.14. The van der Waals surface area contributed by atoms with Crippen LogP contribution in [0.4, 0.5) is 11.6 Å². The lowest BCUT2D eigenvalue weighted by Crippen LogP contribution is -2.37. The summed E-state index contributed by atoms with van der Waals surface area (Å²) < 4.78 is 0. The van der Waals surface area contributed by atoms with Crippen LogP contribution in [0.15, 0.2) is 0 Å². The predicted molar refractivity (Wildman–Crippen MR) is 84.5 cm³/mol. The molecule has 21 heavy (non-hydrogen) atoms. The Kier molecular flexibility index (Phi) is 4.65. The molecule has 0 unspecified atom stereocenters. The zero-order valence-corrected chi connectivity index (χ0v) is 13.3. The summed E-state index contributed by atoms with van der Waals surface area (Å²) in [5, 5.41) is 3.13. The first-order chi connectivity index (χ1) is 9.92. The Hall–Kier alpha value is -1.85. The lowest BCUT2D eigenvalue weighted by molar-refractivity contribution is -0.116. The van der Waals surface area contributed by atoms with E-state index in [0.29, 0.717) is 11.8 Å². The van der Waals surface area contributed by atoms with Crippen molar-refractivity contribution in [1.82, 2.24) is 9.97 Å². The molecule has 6 nitrogen and oxygen atoms in total. The Morgan fingerprint density at radius 2 is 2.10 bits per heavy atom. The molecule has 1 aromatic rings. The number of nitrogens with one attached hydrogen (secondary N) is 1. The third kappa shape index (κ3) is 3.83. The van der Waals surface area contributed by atoms with Gasteiger partial charge in [0, 0.05) is 25.1 Å². The average Bonchev–Trinajstić information content (AvgIpc) is 3.21. The summed E-state index contributed by atoms with van der Waals surface area (Å²) in [7, 11) is 1.86. The maximum absolute atomic E-state index is 11.4. The number of carbonyl (C=O) groups excluding carboxylic acids is 1. The van der Waals surface area contributed by atoms with E-state index in [0.717, 1.165) is 42.4 Å². The summed E-state index contributed by atoms with van der Waals surface area (Å²) in [6, 6.07) is 0. The normalized spacial score (nSPS) is 14.3. The number of nitrogens with zero attached hydrogens (tertiary/aromatic N) is 3. The highest BCUT2D eigenvalue weighted by Gasteiger charge is 2.29. The standard InChI is InChI=1S/C15H25N5O/c1-9(2)7-20(8-12(16)21)15-10(3)13(17-4)18-14(19-15)11-5-6-11/h9,11H,5-8H2,1-4H3,(H2,16,21)(H,17,18,19). The molecule has 2 rings (SSSR count). The maximum atomic E-state index is 11.4. The minimum absolute atomic E-state index is 0.184. The van der Waals surface area contributed by atoms with Crippen molar-refractivity contribution in [3.8, 4) is 0 Å². The topological polar surface area (TPSA) is 84.1 Å². The summed E-state index contributed by atoms with van der Waals surface area (Å²) in [6.07, 6.45) is 2.29. The van der Waals surface area contributed by atoms with Crippen molar-refractivity contribution in [1.29, 1.82) is 0 Å². The monoisotopic (exact) mass is 291 g/mol. The van der Waals surface area contributed by atoms with Crippen molar-refractivity contribution in [3.05, 3.63) is 11.4 Å². The Labute approximate surface area is 126 Å². The van der Waals surface area contributed by atoms with E-state index < -0.39 is 0 Å². The van der Waals surface area contributed by atoms with E-state index in [4.69, 9.17) is 10.7 Å². The third-order valence-corrected chi connectivity index (χ3v) is 3.55. The number of carbonyl (C=O) groups is 1. The second-order valence-electron chi connectivity index (χ2n) is 6.14. The minimum atomic E-state index is -0.340. The van der Waals surface area contributed by atoms with Crippen molar-refractivity contribution in [3.63, 3.8) is 0 Å². The van der Waals surface area contributed by atoms with Crippen molar-refractivity contribution in [2.24, 2.45) is 11.7 Å². The lowest BCUT2D eigenvalue weighted by atomic mass is 10.2. The first-order valence-corrected chi connectivity index (χ1v) is 7.51. The van der Waals surface area contributed by atoms with Gasteiger partial charge in [-0.2, -0.15) is 0 Å². The van der Waals surface area contributed by atoms with Crippen LogP contribution in [-0.2, 0) is 4.79 Å². The van der Waals surface area contributed by atoms with Gasteiger partial charge in [0.2, 0.25) is 5.91 Å². The molecule has 116 valence electrons. The van der Waals surface area contributed by atoms with E-state index in [1.165, 1.54) is 0 Å². The van der Waals surface area contributed by atoms with Gasteiger partial charge < -0.3 is 16.0 Å². The molecule has 0 spiro atoms.